The summed E-state index contributed by atoms with van der Waals surface area (Å²) in [6.07, 6.45) is 3.13. The summed E-state index contributed by atoms with van der Waals surface area (Å²) in [7, 11) is 0. The lowest BCUT2D eigenvalue weighted by Crippen LogP contribution is -2.36. The second-order valence-corrected chi connectivity index (χ2v) is 5.85. The van der Waals surface area contributed by atoms with Crippen LogP contribution in [-0.2, 0) is 4.79 Å². The van der Waals surface area contributed by atoms with Gasteiger partial charge in [0, 0.05) is 18.8 Å². The highest BCUT2D eigenvalue weighted by Gasteiger charge is 2.20. The second kappa shape index (κ2) is 6.75. The molecule has 114 valence electrons. The highest BCUT2D eigenvalue weighted by molar-refractivity contribution is 8.00. The van der Waals surface area contributed by atoms with Crippen molar-refractivity contribution in [2.24, 2.45) is 0 Å². The van der Waals surface area contributed by atoms with Crippen molar-refractivity contribution < 1.29 is 14.7 Å². The summed E-state index contributed by atoms with van der Waals surface area (Å²) in [5, 5.41) is 9.27. The molecule has 1 fully saturated rings. The summed E-state index contributed by atoms with van der Waals surface area (Å²) < 4.78 is 0. The van der Waals surface area contributed by atoms with Gasteiger partial charge in [0.2, 0.25) is 5.91 Å². The summed E-state index contributed by atoms with van der Waals surface area (Å²) in [6.45, 7) is 2.99. The molecule has 0 atom stereocenters. The largest absolute Gasteiger partial charge is 0.478 e. The molecule has 1 aromatic rings. The third kappa shape index (κ3) is 3.84. The topological polar surface area (TPSA) is 103 Å². The number of aryl methyl sites for hydroxylation is 1. The Morgan fingerprint density at radius 3 is 2.62 bits per heavy atom. The molecule has 1 aromatic heterocycles. The number of carboxylic acid groups (broad SMARTS) is 1. The van der Waals surface area contributed by atoms with Gasteiger partial charge in [0.05, 0.1) is 5.75 Å². The lowest BCUT2D eigenvalue weighted by atomic mass is 10.1. The third-order valence-electron chi connectivity index (χ3n) is 3.34. The number of aromatic amines is 1. The van der Waals surface area contributed by atoms with E-state index in [2.05, 4.69) is 9.97 Å². The molecule has 2 heterocycles. The molecule has 0 aliphatic carbocycles. The Morgan fingerprint density at radius 2 is 2.00 bits per heavy atom. The number of amides is 1. The molecule has 0 saturated carbocycles. The number of carbonyl (C=O) groups is 2. The maximum atomic E-state index is 12.1. The van der Waals surface area contributed by atoms with Crippen LogP contribution in [0.2, 0.25) is 0 Å². The lowest BCUT2D eigenvalue weighted by molar-refractivity contribution is -0.129. The highest BCUT2D eigenvalue weighted by Crippen LogP contribution is 2.22. The molecule has 0 aromatic carbocycles. The van der Waals surface area contributed by atoms with Gasteiger partial charge in [-0.2, -0.15) is 4.98 Å². The lowest BCUT2D eigenvalue weighted by Gasteiger charge is -2.26. The van der Waals surface area contributed by atoms with E-state index >= 15 is 0 Å². The van der Waals surface area contributed by atoms with Crippen LogP contribution >= 0.6 is 11.8 Å². The summed E-state index contributed by atoms with van der Waals surface area (Å²) in [5.74, 6) is -1.11. The maximum absolute atomic E-state index is 12.1. The first-order valence-electron chi connectivity index (χ1n) is 6.74. The van der Waals surface area contributed by atoms with Crippen LogP contribution in [0, 0.1) is 6.92 Å². The van der Waals surface area contributed by atoms with Gasteiger partial charge in [0.25, 0.3) is 0 Å². The summed E-state index contributed by atoms with van der Waals surface area (Å²) in [4.78, 5) is 42.5. The van der Waals surface area contributed by atoms with Gasteiger partial charge in [-0.25, -0.2) is 9.59 Å². The van der Waals surface area contributed by atoms with Crippen LogP contribution in [0.4, 0.5) is 0 Å². The number of likely N-dealkylation sites (tertiary alicyclic amines) is 1. The van der Waals surface area contributed by atoms with Gasteiger partial charge in [-0.15, -0.1) is 0 Å². The van der Waals surface area contributed by atoms with Crippen LogP contribution in [-0.4, -0.2) is 50.7 Å². The van der Waals surface area contributed by atoms with Crippen LogP contribution < -0.4 is 5.69 Å². The van der Waals surface area contributed by atoms with Gasteiger partial charge >= 0.3 is 11.7 Å². The van der Waals surface area contributed by atoms with Crippen molar-refractivity contribution in [2.75, 3.05) is 18.8 Å². The van der Waals surface area contributed by atoms with Gasteiger partial charge in [0.15, 0.2) is 0 Å². The molecule has 21 heavy (non-hydrogen) atoms. The smallest absolute Gasteiger partial charge is 0.346 e. The fraction of sp³-hybridized carbons (Fsp3) is 0.538. The van der Waals surface area contributed by atoms with Crippen molar-refractivity contribution >= 4 is 23.6 Å². The molecule has 2 rings (SSSR count). The number of aromatic nitrogens is 2. The minimum absolute atomic E-state index is 0.0456. The average Bonchev–Trinajstić information content (AvgIpc) is 2.44. The standard InChI is InChI=1S/C13H17N3O4S/c1-8-10(12(18)19)11(15-13(20)14-8)21-7-9(17)16-5-3-2-4-6-16/h2-7H2,1H3,(H,18,19)(H,14,15,20). The zero-order valence-corrected chi connectivity index (χ0v) is 12.5. The number of aromatic carboxylic acids is 1. The number of nitrogens with one attached hydrogen (secondary N) is 1. The molecule has 0 bridgehead atoms. The van der Waals surface area contributed by atoms with Crippen molar-refractivity contribution in [1.82, 2.24) is 14.9 Å². The summed E-state index contributed by atoms with van der Waals surface area (Å²) >= 11 is 1.00. The van der Waals surface area contributed by atoms with Crippen molar-refractivity contribution in [3.63, 3.8) is 0 Å². The van der Waals surface area contributed by atoms with Crippen LogP contribution in [0.15, 0.2) is 9.82 Å². The molecule has 1 amide bonds. The number of hydrogen-bond donors (Lipinski definition) is 2. The Bertz CT molecular complexity index is 608. The van der Waals surface area contributed by atoms with Crippen LogP contribution in [0.1, 0.15) is 35.3 Å². The minimum Gasteiger partial charge on any atom is -0.478 e. The van der Waals surface area contributed by atoms with E-state index in [1.54, 1.807) is 4.90 Å². The molecule has 7 nitrogen and oxygen atoms in total. The quantitative estimate of drug-likeness (QED) is 0.632. The monoisotopic (exact) mass is 311 g/mol. The van der Waals surface area contributed by atoms with Gasteiger partial charge in [-0.1, -0.05) is 11.8 Å². The van der Waals surface area contributed by atoms with E-state index in [1.165, 1.54) is 6.92 Å². The normalized spacial score (nSPS) is 15.0. The zero-order chi connectivity index (χ0) is 15.4. The SMILES string of the molecule is Cc1[nH]c(=O)nc(SCC(=O)N2CCCCC2)c1C(=O)O. The first-order valence-corrected chi connectivity index (χ1v) is 7.72. The van der Waals surface area contributed by atoms with Gasteiger partial charge in [0.1, 0.15) is 10.6 Å². The predicted octanol–water partition coefficient (Wildman–Crippen LogP) is 0.881. The molecule has 8 heteroatoms. The van der Waals surface area contributed by atoms with E-state index in [0.717, 1.165) is 44.1 Å². The number of hydrogen-bond acceptors (Lipinski definition) is 5. The van der Waals surface area contributed by atoms with E-state index in [9.17, 15) is 19.5 Å². The van der Waals surface area contributed by atoms with Gasteiger partial charge < -0.3 is 15.0 Å². The molecule has 0 spiro atoms. The highest BCUT2D eigenvalue weighted by atomic mass is 32.2. The van der Waals surface area contributed by atoms with E-state index in [0.29, 0.717) is 0 Å². The number of piperidine rings is 1. The molecule has 0 unspecified atom stereocenters. The molecule has 1 aliphatic heterocycles. The minimum atomic E-state index is -1.16. The molecular formula is C13H17N3O4S. The second-order valence-electron chi connectivity index (χ2n) is 4.88. The summed E-state index contributed by atoms with van der Waals surface area (Å²) in [5.41, 5.74) is -0.410. The molecule has 1 aliphatic rings. The van der Waals surface area contributed by atoms with E-state index < -0.39 is 11.7 Å². The Kier molecular flexibility index (Phi) is 5.00. The van der Waals surface area contributed by atoms with Gasteiger partial charge in [-0.05, 0) is 26.2 Å². The van der Waals surface area contributed by atoms with Crippen molar-refractivity contribution in [3.05, 3.63) is 21.7 Å². The fourth-order valence-electron chi connectivity index (χ4n) is 2.28. The van der Waals surface area contributed by atoms with Gasteiger partial charge in [-0.3, -0.25) is 4.79 Å². The molecule has 2 N–H and O–H groups in total. The van der Waals surface area contributed by atoms with Crippen LogP contribution in [0.3, 0.4) is 0 Å². The third-order valence-corrected chi connectivity index (χ3v) is 4.30. The molecular weight excluding hydrogens is 294 g/mol. The van der Waals surface area contributed by atoms with E-state index in [4.69, 9.17) is 0 Å². The van der Waals surface area contributed by atoms with E-state index in [1.807, 2.05) is 0 Å². The van der Waals surface area contributed by atoms with Crippen molar-refractivity contribution in [3.8, 4) is 0 Å². The first kappa shape index (κ1) is 15.6. The maximum Gasteiger partial charge on any atom is 0.346 e. The number of thioether (sulfide) groups is 1. The number of nitrogens with zero attached hydrogens (tertiary/aromatic N) is 2. The van der Waals surface area contributed by atoms with Crippen LogP contribution in [0.25, 0.3) is 0 Å². The number of carbonyl (C=O) groups excluding carboxylic acids is 1. The Morgan fingerprint density at radius 1 is 1.33 bits per heavy atom. The number of rotatable bonds is 4. The fourth-order valence-corrected chi connectivity index (χ4v) is 3.26. The van der Waals surface area contributed by atoms with Crippen molar-refractivity contribution in [2.45, 2.75) is 31.2 Å². The van der Waals surface area contributed by atoms with Crippen molar-refractivity contribution in [1.29, 1.82) is 0 Å². The van der Waals surface area contributed by atoms with E-state index in [-0.39, 0.29) is 27.9 Å². The number of carboxylic acids is 1. The zero-order valence-electron chi connectivity index (χ0n) is 11.7. The number of H-pyrrole nitrogens is 1. The Labute approximate surface area is 125 Å². The molecule has 1 saturated heterocycles. The Hall–Kier alpha value is -1.83. The summed E-state index contributed by atoms with van der Waals surface area (Å²) in [6, 6.07) is 0. The van der Waals surface area contributed by atoms with Crippen LogP contribution in [0.5, 0.6) is 0 Å². The molecule has 0 radical (unpaired) electrons. The predicted molar refractivity (Wildman–Crippen MR) is 77.7 cm³/mol. The first-order chi connectivity index (χ1) is 9.99. The Balaban J connectivity index is 2.10. The average molecular weight is 311 g/mol.